The highest BCUT2D eigenvalue weighted by molar-refractivity contribution is 4.86. The van der Waals surface area contributed by atoms with Gasteiger partial charge in [-0.3, -0.25) is 0 Å². The fraction of sp³-hybridized carbons (Fsp3) is 1.00. The summed E-state index contributed by atoms with van der Waals surface area (Å²) in [5.74, 6) is 0.894. The van der Waals surface area contributed by atoms with E-state index in [2.05, 4.69) is 17.1 Å². The molecule has 1 heterocycles. The highest BCUT2D eigenvalue weighted by Gasteiger charge is 2.29. The van der Waals surface area contributed by atoms with E-state index in [4.69, 9.17) is 5.11 Å². The molecule has 17 heavy (non-hydrogen) atoms. The average molecular weight is 240 g/mol. The van der Waals surface area contributed by atoms with Gasteiger partial charge in [-0.25, -0.2) is 0 Å². The molecule has 2 atom stereocenters. The Morgan fingerprint density at radius 1 is 1.12 bits per heavy atom. The molecule has 2 N–H and O–H groups in total. The largest absolute Gasteiger partial charge is 0.395 e. The van der Waals surface area contributed by atoms with Crippen molar-refractivity contribution in [3.8, 4) is 0 Å². The third-order valence-corrected chi connectivity index (χ3v) is 4.61. The normalized spacial score (nSPS) is 32.8. The summed E-state index contributed by atoms with van der Waals surface area (Å²) < 4.78 is 0. The lowest BCUT2D eigenvalue weighted by Gasteiger charge is -2.42. The monoisotopic (exact) mass is 240 g/mol. The first-order valence-corrected chi connectivity index (χ1v) is 7.39. The molecule has 3 heteroatoms. The second-order valence-corrected chi connectivity index (χ2v) is 5.82. The zero-order valence-corrected chi connectivity index (χ0v) is 11.2. The Hall–Kier alpha value is -0.120. The van der Waals surface area contributed by atoms with Crippen LogP contribution in [0.4, 0.5) is 0 Å². The summed E-state index contributed by atoms with van der Waals surface area (Å²) in [6.07, 6.45) is 8.21. The van der Waals surface area contributed by atoms with Crippen molar-refractivity contribution in [2.24, 2.45) is 5.92 Å². The SMILES string of the molecule is CC1CCCCC1N1CCC(NCCO)CC1. The van der Waals surface area contributed by atoms with Crippen LogP contribution in [0.15, 0.2) is 0 Å². The van der Waals surface area contributed by atoms with Crippen LogP contribution in [0.25, 0.3) is 0 Å². The zero-order chi connectivity index (χ0) is 12.1. The van der Waals surface area contributed by atoms with E-state index < -0.39 is 0 Å². The first-order chi connectivity index (χ1) is 8.31. The predicted octanol–water partition coefficient (Wildman–Crippen LogP) is 1.61. The molecule has 2 fully saturated rings. The molecule has 1 aliphatic heterocycles. The van der Waals surface area contributed by atoms with Crippen LogP contribution in [0.2, 0.25) is 0 Å². The molecular formula is C14H28N2O. The minimum absolute atomic E-state index is 0.264. The van der Waals surface area contributed by atoms with Gasteiger partial charge in [-0.2, -0.15) is 0 Å². The minimum atomic E-state index is 0.264. The summed E-state index contributed by atoms with van der Waals surface area (Å²) in [7, 11) is 0. The lowest BCUT2D eigenvalue weighted by molar-refractivity contribution is 0.0807. The second-order valence-electron chi connectivity index (χ2n) is 5.82. The van der Waals surface area contributed by atoms with Crippen molar-refractivity contribution < 1.29 is 5.11 Å². The van der Waals surface area contributed by atoms with Crippen LogP contribution in [0.1, 0.15) is 45.4 Å². The molecule has 0 amide bonds. The van der Waals surface area contributed by atoms with E-state index >= 15 is 0 Å². The summed E-state index contributed by atoms with van der Waals surface area (Å²) in [5.41, 5.74) is 0. The summed E-state index contributed by atoms with van der Waals surface area (Å²) >= 11 is 0. The third kappa shape index (κ3) is 3.67. The van der Waals surface area contributed by atoms with Crippen LogP contribution < -0.4 is 5.32 Å². The van der Waals surface area contributed by atoms with Crippen molar-refractivity contribution in [2.75, 3.05) is 26.2 Å². The van der Waals surface area contributed by atoms with Crippen LogP contribution in [0, 0.1) is 5.92 Å². The number of likely N-dealkylation sites (tertiary alicyclic amines) is 1. The molecule has 1 aliphatic carbocycles. The molecule has 3 nitrogen and oxygen atoms in total. The fourth-order valence-electron chi connectivity index (χ4n) is 3.54. The number of piperidine rings is 1. The summed E-state index contributed by atoms with van der Waals surface area (Å²) in [5, 5.41) is 12.2. The number of aliphatic hydroxyl groups is 1. The Kier molecular flexibility index (Phi) is 5.26. The molecule has 0 aromatic rings. The van der Waals surface area contributed by atoms with Gasteiger partial charge >= 0.3 is 0 Å². The van der Waals surface area contributed by atoms with Crippen LogP contribution in [0.3, 0.4) is 0 Å². The Balaban J connectivity index is 1.74. The first-order valence-electron chi connectivity index (χ1n) is 7.39. The van der Waals surface area contributed by atoms with Gasteiger partial charge in [0.05, 0.1) is 6.61 Å². The number of hydrogen-bond acceptors (Lipinski definition) is 3. The molecule has 1 saturated heterocycles. The van der Waals surface area contributed by atoms with E-state index in [9.17, 15) is 0 Å². The highest BCUT2D eigenvalue weighted by atomic mass is 16.3. The van der Waals surface area contributed by atoms with Crippen molar-refractivity contribution in [1.29, 1.82) is 0 Å². The quantitative estimate of drug-likeness (QED) is 0.784. The van der Waals surface area contributed by atoms with Crippen molar-refractivity contribution in [2.45, 2.75) is 57.5 Å². The van der Waals surface area contributed by atoms with Crippen LogP contribution >= 0.6 is 0 Å². The van der Waals surface area contributed by atoms with E-state index in [0.29, 0.717) is 6.04 Å². The number of nitrogens with one attached hydrogen (secondary N) is 1. The number of hydrogen-bond donors (Lipinski definition) is 2. The number of aliphatic hydroxyl groups excluding tert-OH is 1. The highest BCUT2D eigenvalue weighted by Crippen LogP contribution is 2.29. The maximum absolute atomic E-state index is 8.81. The molecule has 0 radical (unpaired) electrons. The maximum atomic E-state index is 8.81. The zero-order valence-electron chi connectivity index (χ0n) is 11.2. The molecule has 2 rings (SSSR count). The lowest BCUT2D eigenvalue weighted by Crippen LogP contribution is -2.49. The van der Waals surface area contributed by atoms with E-state index in [0.717, 1.165) is 18.5 Å². The van der Waals surface area contributed by atoms with Gasteiger partial charge < -0.3 is 15.3 Å². The third-order valence-electron chi connectivity index (χ3n) is 4.61. The first kappa shape index (κ1) is 13.3. The van der Waals surface area contributed by atoms with Gasteiger partial charge in [0.2, 0.25) is 0 Å². The predicted molar refractivity (Wildman–Crippen MR) is 71.1 cm³/mol. The summed E-state index contributed by atoms with van der Waals surface area (Å²) in [6.45, 7) is 5.94. The minimum Gasteiger partial charge on any atom is -0.395 e. The van der Waals surface area contributed by atoms with Gasteiger partial charge in [0.15, 0.2) is 0 Å². The summed E-state index contributed by atoms with van der Waals surface area (Å²) in [4.78, 5) is 2.72. The van der Waals surface area contributed by atoms with E-state index in [1.54, 1.807) is 0 Å². The van der Waals surface area contributed by atoms with Crippen LogP contribution in [0.5, 0.6) is 0 Å². The van der Waals surface area contributed by atoms with Crippen LogP contribution in [-0.4, -0.2) is 48.3 Å². The molecule has 2 aliphatic rings. The Labute approximate surface area is 106 Å². The molecule has 0 bridgehead atoms. The summed E-state index contributed by atoms with van der Waals surface area (Å²) in [6, 6.07) is 1.49. The maximum Gasteiger partial charge on any atom is 0.0556 e. The molecule has 0 aromatic heterocycles. The Morgan fingerprint density at radius 2 is 1.82 bits per heavy atom. The second kappa shape index (κ2) is 6.72. The number of nitrogens with zero attached hydrogens (tertiary/aromatic N) is 1. The molecule has 0 spiro atoms. The Morgan fingerprint density at radius 3 is 2.47 bits per heavy atom. The van der Waals surface area contributed by atoms with Crippen molar-refractivity contribution >= 4 is 0 Å². The van der Waals surface area contributed by atoms with Gasteiger partial charge in [-0.05, 0) is 44.7 Å². The van der Waals surface area contributed by atoms with E-state index in [1.165, 1.54) is 51.6 Å². The van der Waals surface area contributed by atoms with Crippen molar-refractivity contribution in [3.63, 3.8) is 0 Å². The van der Waals surface area contributed by atoms with Crippen molar-refractivity contribution in [3.05, 3.63) is 0 Å². The molecule has 0 aromatic carbocycles. The van der Waals surface area contributed by atoms with Gasteiger partial charge in [-0.1, -0.05) is 19.8 Å². The van der Waals surface area contributed by atoms with E-state index in [-0.39, 0.29) is 6.61 Å². The van der Waals surface area contributed by atoms with Crippen molar-refractivity contribution in [1.82, 2.24) is 10.2 Å². The molecular weight excluding hydrogens is 212 g/mol. The molecule has 2 unspecified atom stereocenters. The standard InChI is InChI=1S/C14H28N2O/c1-12-4-2-3-5-14(12)16-9-6-13(7-10-16)15-8-11-17/h12-15,17H,2-11H2,1H3. The lowest BCUT2D eigenvalue weighted by atomic mass is 9.84. The van der Waals surface area contributed by atoms with Gasteiger partial charge in [-0.15, -0.1) is 0 Å². The van der Waals surface area contributed by atoms with Gasteiger partial charge in [0.1, 0.15) is 0 Å². The van der Waals surface area contributed by atoms with Crippen LogP contribution in [-0.2, 0) is 0 Å². The average Bonchev–Trinajstić information content (AvgIpc) is 2.38. The van der Waals surface area contributed by atoms with E-state index in [1.807, 2.05) is 0 Å². The Bertz CT molecular complexity index is 214. The molecule has 100 valence electrons. The topological polar surface area (TPSA) is 35.5 Å². The smallest absolute Gasteiger partial charge is 0.0556 e. The molecule has 1 saturated carbocycles. The van der Waals surface area contributed by atoms with Gasteiger partial charge in [0, 0.05) is 18.6 Å². The number of rotatable bonds is 4. The fourth-order valence-corrected chi connectivity index (χ4v) is 3.54. The van der Waals surface area contributed by atoms with Gasteiger partial charge in [0.25, 0.3) is 0 Å².